The van der Waals surface area contributed by atoms with E-state index in [9.17, 15) is 9.59 Å². The Morgan fingerprint density at radius 3 is 1.89 bits per heavy atom. The average Bonchev–Trinajstić information content (AvgIpc) is 2.59. The second-order valence-corrected chi connectivity index (χ2v) is 8.65. The third-order valence-corrected chi connectivity index (χ3v) is 4.30. The van der Waals surface area contributed by atoms with E-state index in [1.165, 1.54) is 13.2 Å². The largest absolute Gasteiger partial charge is 0.464 e. The number of amides is 1. The minimum absolute atomic E-state index is 0.0518. The van der Waals surface area contributed by atoms with Crippen molar-refractivity contribution in [2.75, 3.05) is 12.4 Å². The molecule has 144 valence electrons. The van der Waals surface area contributed by atoms with Crippen LogP contribution in [0.1, 0.15) is 73.6 Å². The van der Waals surface area contributed by atoms with Crippen molar-refractivity contribution >= 4 is 17.6 Å². The molecular weight excluding hydrogens is 340 g/mol. The van der Waals surface area contributed by atoms with Gasteiger partial charge in [0, 0.05) is 5.69 Å². The van der Waals surface area contributed by atoms with Crippen molar-refractivity contribution in [3.8, 4) is 0 Å². The van der Waals surface area contributed by atoms with Crippen LogP contribution in [0.5, 0.6) is 0 Å². The average molecular weight is 368 g/mol. The van der Waals surface area contributed by atoms with E-state index in [4.69, 9.17) is 0 Å². The predicted molar refractivity (Wildman–Crippen MR) is 107 cm³/mol. The molecule has 2 rings (SSSR count). The first-order valence-electron chi connectivity index (χ1n) is 8.94. The van der Waals surface area contributed by atoms with Crippen LogP contribution in [0.25, 0.3) is 0 Å². The Labute approximate surface area is 161 Å². The Morgan fingerprint density at radius 2 is 1.41 bits per heavy atom. The smallest absolute Gasteiger partial charge is 0.356 e. The topological polar surface area (TPSA) is 68.3 Å². The number of anilines is 1. The normalized spacial score (nSPS) is 11.8. The number of hydrogen-bond acceptors (Lipinski definition) is 4. The van der Waals surface area contributed by atoms with E-state index >= 15 is 0 Å². The lowest BCUT2D eigenvalue weighted by atomic mass is 9.80. The van der Waals surface area contributed by atoms with Gasteiger partial charge in [-0.1, -0.05) is 53.7 Å². The van der Waals surface area contributed by atoms with Crippen LogP contribution in [0.3, 0.4) is 0 Å². The number of aromatic nitrogens is 1. The molecule has 0 unspecified atom stereocenters. The van der Waals surface area contributed by atoms with Crippen LogP contribution in [-0.4, -0.2) is 24.0 Å². The second kappa shape index (κ2) is 7.51. The summed E-state index contributed by atoms with van der Waals surface area (Å²) in [5.41, 5.74) is 3.15. The molecule has 2 aromatic rings. The summed E-state index contributed by atoms with van der Waals surface area (Å²) in [4.78, 5) is 28.4. The van der Waals surface area contributed by atoms with E-state index in [1.54, 1.807) is 12.1 Å². The van der Waals surface area contributed by atoms with Crippen molar-refractivity contribution in [3.05, 3.63) is 58.9 Å². The molecule has 0 fully saturated rings. The number of ether oxygens (including phenoxy) is 1. The Hall–Kier alpha value is -2.69. The summed E-state index contributed by atoms with van der Waals surface area (Å²) >= 11 is 0. The van der Waals surface area contributed by atoms with E-state index in [-0.39, 0.29) is 28.1 Å². The van der Waals surface area contributed by atoms with Gasteiger partial charge in [0.15, 0.2) is 0 Å². The molecule has 0 atom stereocenters. The Morgan fingerprint density at radius 1 is 0.889 bits per heavy atom. The molecule has 27 heavy (non-hydrogen) atoms. The van der Waals surface area contributed by atoms with Crippen LogP contribution >= 0.6 is 0 Å². The van der Waals surface area contributed by atoms with Crippen LogP contribution in [0, 0.1) is 0 Å². The molecule has 0 saturated carbocycles. The molecule has 1 amide bonds. The second-order valence-electron chi connectivity index (χ2n) is 8.65. The Bertz CT molecular complexity index is 826. The lowest BCUT2D eigenvalue weighted by Gasteiger charge is -2.26. The highest BCUT2D eigenvalue weighted by Crippen LogP contribution is 2.32. The van der Waals surface area contributed by atoms with Gasteiger partial charge in [-0.05, 0) is 46.2 Å². The number of nitrogens with zero attached hydrogens (tertiary/aromatic N) is 1. The third-order valence-electron chi connectivity index (χ3n) is 4.30. The zero-order chi connectivity index (χ0) is 20.4. The summed E-state index contributed by atoms with van der Waals surface area (Å²) in [6.07, 6.45) is 0. The molecule has 0 aliphatic rings. The summed E-state index contributed by atoms with van der Waals surface area (Å²) in [6, 6.07) is 10.8. The van der Waals surface area contributed by atoms with E-state index in [2.05, 4.69) is 62.6 Å². The van der Waals surface area contributed by atoms with Crippen molar-refractivity contribution in [2.24, 2.45) is 0 Å². The highest BCUT2D eigenvalue weighted by atomic mass is 16.5. The molecule has 1 heterocycles. The number of hydrogen-bond donors (Lipinski definition) is 1. The maximum atomic E-state index is 12.7. The van der Waals surface area contributed by atoms with Crippen LogP contribution in [0.4, 0.5) is 5.69 Å². The first-order valence-corrected chi connectivity index (χ1v) is 8.94. The fourth-order valence-electron chi connectivity index (χ4n) is 2.54. The zero-order valence-electron chi connectivity index (χ0n) is 17.1. The number of carbonyl (C=O) groups excluding carboxylic acids is 2. The van der Waals surface area contributed by atoms with E-state index in [1.807, 2.05) is 12.1 Å². The summed E-state index contributed by atoms with van der Waals surface area (Å²) in [5.74, 6) is -0.943. The standard InChI is InChI=1S/C22H28N2O3/c1-21(2,3)14-11-15(22(4,5)6)13-16(12-14)23-19(25)17-9-8-10-18(24-17)20(26)27-7/h8-13H,1-7H3,(H,23,25). The molecule has 1 aromatic carbocycles. The zero-order valence-corrected chi connectivity index (χ0v) is 17.1. The highest BCUT2D eigenvalue weighted by Gasteiger charge is 2.21. The summed E-state index contributed by atoms with van der Waals surface area (Å²) in [7, 11) is 1.28. The summed E-state index contributed by atoms with van der Waals surface area (Å²) < 4.78 is 4.66. The van der Waals surface area contributed by atoms with Crippen molar-refractivity contribution in [1.82, 2.24) is 4.98 Å². The molecular formula is C22H28N2O3. The van der Waals surface area contributed by atoms with Gasteiger partial charge in [0.1, 0.15) is 11.4 Å². The van der Waals surface area contributed by atoms with E-state index in [0.29, 0.717) is 5.69 Å². The van der Waals surface area contributed by atoms with Gasteiger partial charge in [0.05, 0.1) is 7.11 Å². The number of pyridine rings is 1. The lowest BCUT2D eigenvalue weighted by Crippen LogP contribution is -2.19. The lowest BCUT2D eigenvalue weighted by molar-refractivity contribution is 0.0594. The van der Waals surface area contributed by atoms with Gasteiger partial charge in [0.2, 0.25) is 0 Å². The summed E-state index contributed by atoms with van der Waals surface area (Å²) in [5, 5.41) is 2.91. The molecule has 0 aliphatic heterocycles. The highest BCUT2D eigenvalue weighted by molar-refractivity contribution is 6.03. The molecule has 1 aromatic heterocycles. The molecule has 0 spiro atoms. The monoisotopic (exact) mass is 368 g/mol. The summed E-state index contributed by atoms with van der Waals surface area (Å²) in [6.45, 7) is 12.8. The van der Waals surface area contributed by atoms with Gasteiger partial charge >= 0.3 is 5.97 Å². The van der Waals surface area contributed by atoms with E-state index < -0.39 is 5.97 Å². The molecule has 5 nitrogen and oxygen atoms in total. The Balaban J connectivity index is 2.39. The fraction of sp³-hybridized carbons (Fsp3) is 0.409. The van der Waals surface area contributed by atoms with Crippen molar-refractivity contribution in [1.29, 1.82) is 0 Å². The number of rotatable bonds is 3. The van der Waals surface area contributed by atoms with Gasteiger partial charge in [0.25, 0.3) is 5.91 Å². The molecule has 0 saturated heterocycles. The number of benzene rings is 1. The van der Waals surface area contributed by atoms with Gasteiger partial charge in [-0.3, -0.25) is 4.79 Å². The third kappa shape index (κ3) is 5.16. The van der Waals surface area contributed by atoms with Crippen molar-refractivity contribution in [2.45, 2.75) is 52.4 Å². The van der Waals surface area contributed by atoms with Crippen LogP contribution in [-0.2, 0) is 15.6 Å². The van der Waals surface area contributed by atoms with Crippen LogP contribution in [0.15, 0.2) is 36.4 Å². The fourth-order valence-corrected chi connectivity index (χ4v) is 2.54. The molecule has 0 bridgehead atoms. The predicted octanol–water partition coefficient (Wildman–Crippen LogP) is 4.72. The van der Waals surface area contributed by atoms with Crippen molar-refractivity contribution in [3.63, 3.8) is 0 Å². The number of esters is 1. The number of nitrogens with one attached hydrogen (secondary N) is 1. The van der Waals surface area contributed by atoms with Gasteiger partial charge in [-0.15, -0.1) is 0 Å². The Kier molecular flexibility index (Phi) is 5.73. The molecule has 5 heteroatoms. The van der Waals surface area contributed by atoms with Crippen LogP contribution in [0.2, 0.25) is 0 Å². The first kappa shape index (κ1) is 20.6. The van der Waals surface area contributed by atoms with Gasteiger partial charge in [-0.2, -0.15) is 0 Å². The number of methoxy groups -OCH3 is 1. The molecule has 1 N–H and O–H groups in total. The van der Waals surface area contributed by atoms with E-state index in [0.717, 1.165) is 11.1 Å². The van der Waals surface area contributed by atoms with Gasteiger partial charge < -0.3 is 10.1 Å². The minimum Gasteiger partial charge on any atom is -0.464 e. The van der Waals surface area contributed by atoms with Crippen LogP contribution < -0.4 is 5.32 Å². The quantitative estimate of drug-likeness (QED) is 0.796. The molecule has 0 radical (unpaired) electrons. The number of carbonyl (C=O) groups is 2. The van der Waals surface area contributed by atoms with Gasteiger partial charge in [-0.25, -0.2) is 9.78 Å². The maximum Gasteiger partial charge on any atom is 0.356 e. The minimum atomic E-state index is -0.575. The maximum absolute atomic E-state index is 12.7. The van der Waals surface area contributed by atoms with Crippen molar-refractivity contribution < 1.29 is 14.3 Å². The first-order chi connectivity index (χ1) is 12.4. The SMILES string of the molecule is COC(=O)c1cccc(C(=O)Nc2cc(C(C)(C)C)cc(C(C)(C)C)c2)n1. The molecule has 0 aliphatic carbocycles.